The Kier molecular flexibility index (Phi) is 5.54. The van der Waals surface area contributed by atoms with Gasteiger partial charge in [-0.25, -0.2) is 15.4 Å². The van der Waals surface area contributed by atoms with Crippen LogP contribution in [0.2, 0.25) is 0 Å². The van der Waals surface area contributed by atoms with Gasteiger partial charge in [-0.2, -0.15) is 5.10 Å². The van der Waals surface area contributed by atoms with Crippen LogP contribution < -0.4 is 10.2 Å². The second-order valence-corrected chi connectivity index (χ2v) is 6.43. The smallest absolute Gasteiger partial charge is 0.243 e. The van der Waals surface area contributed by atoms with Gasteiger partial charge in [0.15, 0.2) is 0 Å². The molecule has 2 aromatic heterocycles. The molecule has 3 aromatic rings. The highest BCUT2D eigenvalue weighted by Gasteiger charge is 2.09. The molecule has 1 aromatic carbocycles. The van der Waals surface area contributed by atoms with Crippen molar-refractivity contribution < 1.29 is 4.74 Å². The van der Waals surface area contributed by atoms with Crippen molar-refractivity contribution in [1.82, 2.24) is 14.5 Å². The molecule has 140 valence electrons. The van der Waals surface area contributed by atoms with E-state index in [1.807, 2.05) is 39.0 Å². The fourth-order valence-corrected chi connectivity index (χ4v) is 3.11. The second-order valence-electron chi connectivity index (χ2n) is 6.43. The van der Waals surface area contributed by atoms with Gasteiger partial charge in [-0.05, 0) is 71.0 Å². The number of hydrogen-bond acceptors (Lipinski definition) is 5. The first-order valence-corrected chi connectivity index (χ1v) is 9.01. The van der Waals surface area contributed by atoms with E-state index in [0.717, 1.165) is 39.8 Å². The van der Waals surface area contributed by atoms with Crippen molar-refractivity contribution in [2.75, 3.05) is 12.0 Å². The van der Waals surface area contributed by atoms with Crippen molar-refractivity contribution in [2.45, 2.75) is 34.6 Å². The topological polar surface area (TPSA) is 64.3 Å². The van der Waals surface area contributed by atoms with Crippen LogP contribution in [0.1, 0.15) is 35.3 Å². The Morgan fingerprint density at radius 1 is 1.04 bits per heavy atom. The molecule has 0 aliphatic rings. The highest BCUT2D eigenvalue weighted by molar-refractivity contribution is 5.82. The average molecular weight is 363 g/mol. The van der Waals surface area contributed by atoms with Gasteiger partial charge < -0.3 is 9.30 Å². The van der Waals surface area contributed by atoms with Crippen LogP contribution in [0.25, 0.3) is 5.69 Å². The van der Waals surface area contributed by atoms with Crippen LogP contribution in [0.15, 0.2) is 41.5 Å². The number of hydrogen-bond donors (Lipinski definition) is 1. The summed E-state index contributed by atoms with van der Waals surface area (Å²) < 4.78 is 7.72. The van der Waals surface area contributed by atoms with Crippen LogP contribution in [-0.4, -0.2) is 27.4 Å². The highest BCUT2D eigenvalue weighted by Crippen LogP contribution is 2.22. The van der Waals surface area contributed by atoms with E-state index in [2.05, 4.69) is 57.1 Å². The molecular weight excluding hydrogens is 338 g/mol. The molecule has 0 saturated heterocycles. The van der Waals surface area contributed by atoms with E-state index in [4.69, 9.17) is 4.74 Å². The minimum atomic E-state index is 0.504. The zero-order chi connectivity index (χ0) is 19.4. The third-order valence-electron chi connectivity index (χ3n) is 4.23. The van der Waals surface area contributed by atoms with E-state index in [0.29, 0.717) is 12.6 Å². The van der Waals surface area contributed by atoms with Gasteiger partial charge in [0, 0.05) is 34.0 Å². The number of nitrogens with one attached hydrogen (secondary N) is 1. The van der Waals surface area contributed by atoms with Crippen molar-refractivity contribution >= 4 is 12.2 Å². The Labute approximate surface area is 159 Å². The summed E-state index contributed by atoms with van der Waals surface area (Å²) in [4.78, 5) is 8.66. The van der Waals surface area contributed by atoms with Gasteiger partial charge in [-0.1, -0.05) is 0 Å². The molecule has 2 heterocycles. The summed E-state index contributed by atoms with van der Waals surface area (Å²) in [7, 11) is 0. The molecule has 0 bridgehead atoms. The van der Waals surface area contributed by atoms with Crippen LogP contribution in [0, 0.1) is 27.7 Å². The first-order chi connectivity index (χ1) is 13.0. The normalized spacial score (nSPS) is 11.1. The summed E-state index contributed by atoms with van der Waals surface area (Å²) in [6.07, 6.45) is 1.80. The van der Waals surface area contributed by atoms with Crippen molar-refractivity contribution in [2.24, 2.45) is 5.10 Å². The van der Waals surface area contributed by atoms with Crippen LogP contribution >= 0.6 is 0 Å². The molecule has 6 nitrogen and oxygen atoms in total. The summed E-state index contributed by atoms with van der Waals surface area (Å²) in [6.45, 7) is 10.7. The molecule has 0 spiro atoms. The molecule has 0 amide bonds. The van der Waals surface area contributed by atoms with E-state index < -0.39 is 0 Å². The maximum absolute atomic E-state index is 5.52. The van der Waals surface area contributed by atoms with E-state index in [1.54, 1.807) is 6.21 Å². The first kappa shape index (κ1) is 18.6. The standard InChI is InChI=1S/C21H25N5O/c1-6-27-20-9-7-19(8-10-20)26-16(4)12-18(17(26)5)13-22-25-21-23-14(2)11-15(3)24-21/h7-13H,6H2,1-5H3,(H,23,24,25)/b22-13-. The van der Waals surface area contributed by atoms with Gasteiger partial charge in [0.2, 0.25) is 5.95 Å². The number of ether oxygens (including phenoxy) is 1. The van der Waals surface area contributed by atoms with Crippen molar-refractivity contribution in [1.29, 1.82) is 0 Å². The SMILES string of the molecule is CCOc1ccc(-n2c(C)cc(/C=N\Nc3nc(C)cc(C)n3)c2C)cc1. The molecule has 1 N–H and O–H groups in total. The lowest BCUT2D eigenvalue weighted by Crippen LogP contribution is -2.01. The third-order valence-corrected chi connectivity index (χ3v) is 4.23. The van der Waals surface area contributed by atoms with Gasteiger partial charge in [-0.3, -0.25) is 0 Å². The molecule has 0 fully saturated rings. The minimum absolute atomic E-state index is 0.504. The zero-order valence-electron chi connectivity index (χ0n) is 16.4. The number of nitrogens with zero attached hydrogens (tertiary/aromatic N) is 4. The Bertz CT molecular complexity index is 937. The second kappa shape index (κ2) is 8.03. The van der Waals surface area contributed by atoms with Crippen LogP contribution in [0.3, 0.4) is 0 Å². The van der Waals surface area contributed by atoms with E-state index in [9.17, 15) is 0 Å². The minimum Gasteiger partial charge on any atom is -0.494 e. The van der Waals surface area contributed by atoms with Gasteiger partial charge in [0.25, 0.3) is 0 Å². The fourth-order valence-electron chi connectivity index (χ4n) is 3.11. The summed E-state index contributed by atoms with van der Waals surface area (Å²) in [6, 6.07) is 12.1. The number of aryl methyl sites for hydroxylation is 3. The number of anilines is 1. The monoisotopic (exact) mass is 363 g/mol. The molecule has 0 aliphatic heterocycles. The quantitative estimate of drug-likeness (QED) is 0.522. The van der Waals surface area contributed by atoms with Gasteiger partial charge in [0.05, 0.1) is 12.8 Å². The van der Waals surface area contributed by atoms with Crippen LogP contribution in [0.5, 0.6) is 5.75 Å². The molecule has 6 heteroatoms. The highest BCUT2D eigenvalue weighted by atomic mass is 16.5. The van der Waals surface area contributed by atoms with E-state index >= 15 is 0 Å². The summed E-state index contributed by atoms with van der Waals surface area (Å²) >= 11 is 0. The maximum atomic E-state index is 5.52. The first-order valence-electron chi connectivity index (χ1n) is 9.01. The van der Waals surface area contributed by atoms with Crippen LogP contribution in [-0.2, 0) is 0 Å². The molecule has 0 atom stereocenters. The molecule has 0 aliphatic carbocycles. The Morgan fingerprint density at radius 2 is 1.70 bits per heavy atom. The lowest BCUT2D eigenvalue weighted by Gasteiger charge is -2.10. The average Bonchev–Trinajstić information content (AvgIpc) is 2.89. The van der Waals surface area contributed by atoms with E-state index in [-0.39, 0.29) is 0 Å². The zero-order valence-corrected chi connectivity index (χ0v) is 16.4. The van der Waals surface area contributed by atoms with Gasteiger partial charge in [0.1, 0.15) is 5.75 Å². The lowest BCUT2D eigenvalue weighted by atomic mass is 10.2. The Hall–Kier alpha value is -3.15. The number of aromatic nitrogens is 3. The number of benzene rings is 1. The summed E-state index contributed by atoms with van der Waals surface area (Å²) in [5.74, 6) is 1.38. The Morgan fingerprint density at radius 3 is 2.33 bits per heavy atom. The van der Waals surface area contributed by atoms with Gasteiger partial charge >= 0.3 is 0 Å². The number of rotatable bonds is 6. The van der Waals surface area contributed by atoms with Crippen molar-refractivity contribution in [3.63, 3.8) is 0 Å². The van der Waals surface area contributed by atoms with Crippen LogP contribution in [0.4, 0.5) is 5.95 Å². The molecule has 3 rings (SSSR count). The maximum Gasteiger partial charge on any atom is 0.243 e. The largest absolute Gasteiger partial charge is 0.494 e. The molecule has 0 radical (unpaired) electrons. The third kappa shape index (κ3) is 4.34. The van der Waals surface area contributed by atoms with Crippen molar-refractivity contribution in [3.8, 4) is 11.4 Å². The molecule has 27 heavy (non-hydrogen) atoms. The molecular formula is C21H25N5O. The molecule has 0 saturated carbocycles. The fraction of sp³-hybridized carbons (Fsp3) is 0.286. The predicted molar refractivity (Wildman–Crippen MR) is 109 cm³/mol. The van der Waals surface area contributed by atoms with Gasteiger partial charge in [-0.15, -0.1) is 0 Å². The predicted octanol–water partition coefficient (Wildman–Crippen LogP) is 4.35. The Balaban J connectivity index is 1.80. The lowest BCUT2D eigenvalue weighted by molar-refractivity contribution is 0.340. The number of hydrazone groups is 1. The van der Waals surface area contributed by atoms with Crippen molar-refractivity contribution in [3.05, 3.63) is 64.7 Å². The van der Waals surface area contributed by atoms with E-state index in [1.165, 1.54) is 0 Å². The summed E-state index contributed by atoms with van der Waals surface area (Å²) in [5.41, 5.74) is 9.13. The molecule has 0 unspecified atom stereocenters. The summed E-state index contributed by atoms with van der Waals surface area (Å²) in [5, 5.41) is 4.31.